The zero-order valence-electron chi connectivity index (χ0n) is 22.4. The van der Waals surface area contributed by atoms with Gasteiger partial charge in [0.05, 0.1) is 12.1 Å². The summed E-state index contributed by atoms with van der Waals surface area (Å²) in [6.45, 7) is 10.1. The van der Waals surface area contributed by atoms with Gasteiger partial charge in [-0.05, 0) is 88.3 Å². The van der Waals surface area contributed by atoms with Gasteiger partial charge in [-0.25, -0.2) is 9.18 Å². The predicted octanol–water partition coefficient (Wildman–Crippen LogP) is 6.15. The molecule has 7 heteroatoms. The molecule has 6 nitrogen and oxygen atoms in total. The van der Waals surface area contributed by atoms with Crippen molar-refractivity contribution in [3.63, 3.8) is 0 Å². The Morgan fingerprint density at radius 3 is 2.76 bits per heavy atom. The largest absolute Gasteiger partial charge is 0.491 e. The number of carbonyl (C=O) groups excluding carboxylic acids is 1. The number of halogens is 1. The first kappa shape index (κ1) is 25.7. The van der Waals surface area contributed by atoms with Crippen molar-refractivity contribution < 1.29 is 13.9 Å². The molecule has 3 aliphatic rings. The minimum atomic E-state index is -0.594. The summed E-state index contributed by atoms with van der Waals surface area (Å²) in [7, 11) is 0. The Morgan fingerprint density at radius 1 is 1.22 bits per heavy atom. The van der Waals surface area contributed by atoms with Crippen LogP contribution in [-0.2, 0) is 6.54 Å². The fourth-order valence-corrected chi connectivity index (χ4v) is 6.09. The number of carbonyl (C=O) groups is 1. The fraction of sp³-hybridized carbons (Fsp3) is 0.533. The molecule has 0 radical (unpaired) electrons. The molecule has 0 bridgehead atoms. The van der Waals surface area contributed by atoms with E-state index in [1.54, 1.807) is 11.0 Å². The van der Waals surface area contributed by atoms with Crippen LogP contribution in [0.1, 0.15) is 65.4 Å². The topological polar surface area (TPSA) is 57.2 Å². The van der Waals surface area contributed by atoms with Crippen LogP contribution in [0.5, 0.6) is 5.75 Å². The second kappa shape index (κ2) is 10.4. The molecule has 4 unspecified atom stereocenters. The molecule has 2 amide bonds. The Bertz CT molecular complexity index is 1170. The number of aliphatic imine (C=N–C) groups is 1. The van der Waals surface area contributed by atoms with Gasteiger partial charge in [-0.3, -0.25) is 20.1 Å². The van der Waals surface area contributed by atoms with Gasteiger partial charge in [0.2, 0.25) is 0 Å². The van der Waals surface area contributed by atoms with Gasteiger partial charge in [-0.1, -0.05) is 31.5 Å². The number of urea groups is 1. The average Bonchev–Trinajstić information content (AvgIpc) is 3.51. The molecule has 1 aliphatic carbocycles. The summed E-state index contributed by atoms with van der Waals surface area (Å²) in [6.07, 6.45) is 4.99. The molecule has 5 rings (SSSR count). The van der Waals surface area contributed by atoms with E-state index in [4.69, 9.17) is 9.73 Å². The highest BCUT2D eigenvalue weighted by Crippen LogP contribution is 2.43. The van der Waals surface area contributed by atoms with Crippen molar-refractivity contribution in [1.82, 2.24) is 10.2 Å². The zero-order chi connectivity index (χ0) is 26.2. The number of nitrogens with zero attached hydrogens (tertiary/aromatic N) is 3. The number of amidine groups is 1. The lowest BCUT2D eigenvalue weighted by molar-refractivity contribution is 0.123. The van der Waals surface area contributed by atoms with Crippen LogP contribution in [0, 0.1) is 11.7 Å². The average molecular weight is 507 g/mol. The summed E-state index contributed by atoms with van der Waals surface area (Å²) in [5.41, 5.74) is 1.20. The molecular formula is C30H39FN4O2. The number of anilines is 1. The molecule has 0 aromatic heterocycles. The monoisotopic (exact) mass is 506 g/mol. The molecule has 1 N–H and O–H groups in total. The number of amides is 2. The Morgan fingerprint density at radius 2 is 2.03 bits per heavy atom. The lowest BCUT2D eigenvalue weighted by Gasteiger charge is -2.47. The first-order chi connectivity index (χ1) is 17.8. The highest BCUT2D eigenvalue weighted by atomic mass is 19.1. The first-order valence-corrected chi connectivity index (χ1v) is 13.7. The zero-order valence-corrected chi connectivity index (χ0v) is 22.4. The number of hydrogen-bond acceptors (Lipinski definition) is 4. The van der Waals surface area contributed by atoms with Gasteiger partial charge in [0.25, 0.3) is 0 Å². The number of piperidine rings is 1. The van der Waals surface area contributed by atoms with Gasteiger partial charge in [-0.2, -0.15) is 0 Å². The molecule has 2 saturated heterocycles. The summed E-state index contributed by atoms with van der Waals surface area (Å²) < 4.78 is 20.1. The van der Waals surface area contributed by atoms with Crippen LogP contribution in [0.15, 0.2) is 53.5 Å². The van der Waals surface area contributed by atoms with Crippen LogP contribution in [0.25, 0.3) is 0 Å². The maximum absolute atomic E-state index is 14.2. The van der Waals surface area contributed by atoms with Crippen molar-refractivity contribution in [3.05, 3.63) is 59.9 Å². The molecule has 4 atom stereocenters. The van der Waals surface area contributed by atoms with Crippen LogP contribution in [-0.4, -0.2) is 47.0 Å². The molecule has 198 valence electrons. The molecular weight excluding hydrogens is 467 g/mol. The number of benzene rings is 2. The second-order valence-electron chi connectivity index (χ2n) is 11.2. The molecule has 1 spiro atoms. The Hall–Kier alpha value is -2.93. The quantitative estimate of drug-likeness (QED) is 0.467. The van der Waals surface area contributed by atoms with Gasteiger partial charge in [0.15, 0.2) is 0 Å². The molecule has 1 saturated carbocycles. The first-order valence-electron chi connectivity index (χ1n) is 13.7. The Kier molecular flexibility index (Phi) is 7.26. The Labute approximate surface area is 219 Å². The van der Waals surface area contributed by atoms with Crippen LogP contribution >= 0.6 is 0 Å². The second-order valence-corrected chi connectivity index (χ2v) is 11.2. The van der Waals surface area contributed by atoms with Gasteiger partial charge >= 0.3 is 6.03 Å². The van der Waals surface area contributed by atoms with Crippen molar-refractivity contribution in [3.8, 4) is 5.75 Å². The third kappa shape index (κ3) is 5.37. The fourth-order valence-electron chi connectivity index (χ4n) is 6.09. The van der Waals surface area contributed by atoms with E-state index in [0.29, 0.717) is 11.6 Å². The normalized spacial score (nSPS) is 28.8. The predicted molar refractivity (Wildman–Crippen MR) is 146 cm³/mol. The van der Waals surface area contributed by atoms with Crippen molar-refractivity contribution in [2.75, 3.05) is 11.4 Å². The number of likely N-dealkylation sites (tertiary alicyclic amines) is 1. The summed E-state index contributed by atoms with van der Waals surface area (Å²) in [5.74, 6) is 1.92. The molecule has 2 aliphatic heterocycles. The lowest BCUT2D eigenvalue weighted by atomic mass is 9.81. The number of rotatable bonds is 8. The smallest absolute Gasteiger partial charge is 0.328 e. The third-order valence-electron chi connectivity index (χ3n) is 7.93. The molecule has 2 heterocycles. The van der Waals surface area contributed by atoms with Gasteiger partial charge < -0.3 is 4.74 Å². The highest BCUT2D eigenvalue weighted by molar-refractivity contribution is 6.19. The summed E-state index contributed by atoms with van der Waals surface area (Å²) in [5, 5.41) is 3.11. The molecule has 3 fully saturated rings. The van der Waals surface area contributed by atoms with E-state index in [1.807, 2.05) is 32.0 Å². The number of ether oxygens (including phenoxy) is 1. The molecule has 37 heavy (non-hydrogen) atoms. The van der Waals surface area contributed by atoms with Crippen LogP contribution in [0.2, 0.25) is 0 Å². The van der Waals surface area contributed by atoms with Gasteiger partial charge in [-0.15, -0.1) is 0 Å². The van der Waals surface area contributed by atoms with Crippen molar-refractivity contribution >= 4 is 17.6 Å². The minimum absolute atomic E-state index is 0.131. The third-order valence-corrected chi connectivity index (χ3v) is 7.93. The van der Waals surface area contributed by atoms with E-state index in [0.717, 1.165) is 50.4 Å². The van der Waals surface area contributed by atoms with E-state index < -0.39 is 5.54 Å². The van der Waals surface area contributed by atoms with Crippen LogP contribution in [0.3, 0.4) is 0 Å². The Balaban J connectivity index is 1.41. The molecule has 2 aromatic carbocycles. The van der Waals surface area contributed by atoms with Crippen molar-refractivity contribution in [2.24, 2.45) is 10.9 Å². The number of hydrogen-bond donors (Lipinski definition) is 1. The maximum Gasteiger partial charge on any atom is 0.328 e. The minimum Gasteiger partial charge on any atom is -0.491 e. The van der Waals surface area contributed by atoms with Gasteiger partial charge in [0, 0.05) is 24.8 Å². The van der Waals surface area contributed by atoms with E-state index >= 15 is 0 Å². The lowest BCUT2D eigenvalue weighted by Crippen LogP contribution is -2.59. The SMILES string of the molecule is CCCC1CC1N=C1NC(=O)N(c2cccc(F)c2)C12CCN(Cc1cccc(OC(C)C)c1)C(C)C2. The van der Waals surface area contributed by atoms with E-state index in [2.05, 4.69) is 36.2 Å². The van der Waals surface area contributed by atoms with E-state index in [-0.39, 0.29) is 30.0 Å². The van der Waals surface area contributed by atoms with Crippen LogP contribution in [0.4, 0.5) is 14.9 Å². The van der Waals surface area contributed by atoms with E-state index in [9.17, 15) is 9.18 Å². The highest BCUT2D eigenvalue weighted by Gasteiger charge is 2.55. The van der Waals surface area contributed by atoms with Crippen LogP contribution < -0.4 is 15.0 Å². The maximum atomic E-state index is 14.2. The molecule has 2 aromatic rings. The summed E-state index contributed by atoms with van der Waals surface area (Å²) in [4.78, 5) is 22.7. The van der Waals surface area contributed by atoms with Crippen molar-refractivity contribution in [1.29, 1.82) is 0 Å². The summed E-state index contributed by atoms with van der Waals surface area (Å²) in [6, 6.07) is 14.9. The van der Waals surface area contributed by atoms with Crippen molar-refractivity contribution in [2.45, 2.75) is 90.1 Å². The summed E-state index contributed by atoms with van der Waals surface area (Å²) >= 11 is 0. The number of nitrogens with one attached hydrogen (secondary N) is 1. The van der Waals surface area contributed by atoms with Gasteiger partial charge in [0.1, 0.15) is 22.9 Å². The standard InChI is InChI=1S/C30H39FN4O2/c1-5-8-23-16-27(23)32-28-30(35(29(36)33-28)25-11-7-10-24(31)17-25)13-14-34(21(4)18-30)19-22-9-6-12-26(15-22)37-20(2)3/h6-7,9-12,15,17,20-21,23,27H,5,8,13-14,16,18-19H2,1-4H3,(H,32,33,36). The van der Waals surface area contributed by atoms with E-state index in [1.165, 1.54) is 24.1 Å².